The molecule has 1 aromatic carbocycles. The molecule has 0 aliphatic carbocycles. The van der Waals surface area contributed by atoms with Crippen molar-refractivity contribution in [3.63, 3.8) is 0 Å². The second kappa shape index (κ2) is 8.49. The number of hydrogen-bond acceptors (Lipinski definition) is 4. The highest BCUT2D eigenvalue weighted by atomic mass is 16.5. The van der Waals surface area contributed by atoms with Gasteiger partial charge in [-0.25, -0.2) is 0 Å². The lowest BCUT2D eigenvalue weighted by Gasteiger charge is -2.35. The molecule has 2 N–H and O–H groups in total. The van der Waals surface area contributed by atoms with Crippen molar-refractivity contribution in [2.75, 3.05) is 26.2 Å². The van der Waals surface area contributed by atoms with Gasteiger partial charge in [-0.3, -0.25) is 0 Å². The van der Waals surface area contributed by atoms with E-state index < -0.39 is 6.10 Å². The van der Waals surface area contributed by atoms with E-state index in [1.807, 2.05) is 37.3 Å². The summed E-state index contributed by atoms with van der Waals surface area (Å²) in [5.41, 5.74) is 1.12. The van der Waals surface area contributed by atoms with Gasteiger partial charge >= 0.3 is 0 Å². The third-order valence-corrected chi connectivity index (χ3v) is 4.11. The maximum absolute atomic E-state index is 10.1. The number of benzene rings is 1. The summed E-state index contributed by atoms with van der Waals surface area (Å²) >= 11 is 0. The fourth-order valence-corrected chi connectivity index (χ4v) is 2.89. The van der Waals surface area contributed by atoms with Crippen molar-refractivity contribution < 1.29 is 14.9 Å². The first kappa shape index (κ1) is 16.4. The van der Waals surface area contributed by atoms with E-state index in [2.05, 4.69) is 4.90 Å². The van der Waals surface area contributed by atoms with Crippen LogP contribution in [0.4, 0.5) is 0 Å². The molecule has 0 amide bonds. The molecule has 1 aliphatic rings. The maximum Gasteiger partial charge on any atom is 0.0900 e. The highest BCUT2D eigenvalue weighted by molar-refractivity contribution is 5.13. The zero-order valence-corrected chi connectivity index (χ0v) is 12.8. The lowest BCUT2D eigenvalue weighted by Crippen LogP contribution is -2.43. The highest BCUT2D eigenvalue weighted by Crippen LogP contribution is 2.19. The van der Waals surface area contributed by atoms with Crippen LogP contribution in [0.25, 0.3) is 0 Å². The predicted octanol–water partition coefficient (Wildman–Crippen LogP) is 1.66. The molecule has 4 nitrogen and oxygen atoms in total. The molecule has 21 heavy (non-hydrogen) atoms. The minimum Gasteiger partial charge on any atom is -0.393 e. The molecule has 4 heteroatoms. The van der Waals surface area contributed by atoms with Crippen molar-refractivity contribution in [3.8, 4) is 0 Å². The van der Waals surface area contributed by atoms with E-state index in [-0.39, 0.29) is 6.10 Å². The summed E-state index contributed by atoms with van der Waals surface area (Å²) in [7, 11) is 0. The molecule has 0 bridgehead atoms. The van der Waals surface area contributed by atoms with Gasteiger partial charge in [0.05, 0.1) is 25.4 Å². The summed E-state index contributed by atoms with van der Waals surface area (Å²) in [5, 5.41) is 19.8. The Bertz CT molecular complexity index is 396. The Balaban J connectivity index is 1.66. The van der Waals surface area contributed by atoms with E-state index in [1.165, 1.54) is 0 Å². The quantitative estimate of drug-likeness (QED) is 0.803. The summed E-state index contributed by atoms with van der Waals surface area (Å²) in [6, 6.07) is 9.99. The van der Waals surface area contributed by atoms with E-state index in [1.54, 1.807) is 0 Å². The minimum absolute atomic E-state index is 0.265. The Kier molecular flexibility index (Phi) is 6.64. The second-order valence-electron chi connectivity index (χ2n) is 6.06. The Morgan fingerprint density at radius 2 is 2.05 bits per heavy atom. The monoisotopic (exact) mass is 293 g/mol. The number of aliphatic hydroxyl groups is 2. The van der Waals surface area contributed by atoms with Gasteiger partial charge in [0.2, 0.25) is 0 Å². The number of likely N-dealkylation sites (tertiary alicyclic amines) is 1. The topological polar surface area (TPSA) is 52.9 Å². The molecular weight excluding hydrogens is 266 g/mol. The van der Waals surface area contributed by atoms with Gasteiger partial charge in [0.25, 0.3) is 0 Å². The average molecular weight is 293 g/mol. The first-order valence-corrected chi connectivity index (χ1v) is 7.85. The molecule has 1 aromatic rings. The summed E-state index contributed by atoms with van der Waals surface area (Å²) < 4.78 is 5.57. The van der Waals surface area contributed by atoms with Gasteiger partial charge in [0.1, 0.15) is 0 Å². The van der Waals surface area contributed by atoms with Gasteiger partial charge in [0, 0.05) is 13.1 Å². The largest absolute Gasteiger partial charge is 0.393 e. The maximum atomic E-state index is 10.1. The van der Waals surface area contributed by atoms with Crippen molar-refractivity contribution in [2.24, 2.45) is 5.92 Å². The summed E-state index contributed by atoms with van der Waals surface area (Å²) in [6.07, 6.45) is 1.43. The van der Waals surface area contributed by atoms with Crippen molar-refractivity contribution >= 4 is 0 Å². The number of β-amino-alcohol motifs (C(OH)–C–C–N with tert-alkyl or cyclic N) is 1. The van der Waals surface area contributed by atoms with Crippen molar-refractivity contribution in [1.29, 1.82) is 0 Å². The standard InChI is InChI=1S/C17H27NO3/c1-14(19)16-8-5-9-18(10-16)11-17(20)13-21-12-15-6-3-2-4-7-15/h2-4,6-7,14,16-17,19-20H,5,8-13H2,1H3. The fraction of sp³-hybridized carbons (Fsp3) is 0.647. The van der Waals surface area contributed by atoms with Gasteiger partial charge in [0.15, 0.2) is 0 Å². The number of piperidine rings is 1. The van der Waals surface area contributed by atoms with E-state index in [4.69, 9.17) is 4.74 Å². The third-order valence-electron chi connectivity index (χ3n) is 4.11. The van der Waals surface area contributed by atoms with Crippen LogP contribution in [0.15, 0.2) is 30.3 Å². The molecule has 2 rings (SSSR count). The predicted molar refractivity (Wildman–Crippen MR) is 82.9 cm³/mol. The highest BCUT2D eigenvalue weighted by Gasteiger charge is 2.24. The van der Waals surface area contributed by atoms with E-state index >= 15 is 0 Å². The molecule has 1 heterocycles. The fourth-order valence-electron chi connectivity index (χ4n) is 2.89. The SMILES string of the molecule is CC(O)C1CCCN(CC(O)COCc2ccccc2)C1. The molecule has 0 spiro atoms. The van der Waals surface area contributed by atoms with Crippen LogP contribution in [0.5, 0.6) is 0 Å². The van der Waals surface area contributed by atoms with E-state index in [0.717, 1.165) is 31.5 Å². The Morgan fingerprint density at radius 3 is 2.76 bits per heavy atom. The molecule has 3 atom stereocenters. The van der Waals surface area contributed by atoms with Crippen LogP contribution in [0, 0.1) is 5.92 Å². The normalized spacial score (nSPS) is 22.9. The molecular formula is C17H27NO3. The minimum atomic E-state index is -0.471. The van der Waals surface area contributed by atoms with Gasteiger partial charge in [-0.15, -0.1) is 0 Å². The van der Waals surface area contributed by atoms with Crippen LogP contribution >= 0.6 is 0 Å². The molecule has 1 saturated heterocycles. The lowest BCUT2D eigenvalue weighted by atomic mass is 9.93. The van der Waals surface area contributed by atoms with Gasteiger partial charge in [-0.1, -0.05) is 30.3 Å². The van der Waals surface area contributed by atoms with Crippen LogP contribution < -0.4 is 0 Å². The van der Waals surface area contributed by atoms with Crippen molar-refractivity contribution in [3.05, 3.63) is 35.9 Å². The molecule has 118 valence electrons. The zero-order valence-electron chi connectivity index (χ0n) is 12.8. The lowest BCUT2D eigenvalue weighted by molar-refractivity contribution is -0.00644. The molecule has 3 unspecified atom stereocenters. The number of aliphatic hydroxyl groups excluding tert-OH is 2. The number of rotatable bonds is 7. The van der Waals surface area contributed by atoms with Crippen LogP contribution in [-0.2, 0) is 11.3 Å². The average Bonchev–Trinajstić information content (AvgIpc) is 2.48. The molecule has 0 aromatic heterocycles. The van der Waals surface area contributed by atoms with E-state index in [9.17, 15) is 10.2 Å². The number of nitrogens with zero attached hydrogens (tertiary/aromatic N) is 1. The van der Waals surface area contributed by atoms with Crippen LogP contribution in [0.3, 0.4) is 0 Å². The summed E-state index contributed by atoms with van der Waals surface area (Å²) in [4.78, 5) is 2.23. The first-order chi connectivity index (χ1) is 10.1. The molecule has 0 saturated carbocycles. The Labute approximate surface area is 127 Å². The van der Waals surface area contributed by atoms with Crippen LogP contribution in [0.1, 0.15) is 25.3 Å². The zero-order chi connectivity index (χ0) is 15.1. The van der Waals surface area contributed by atoms with Crippen molar-refractivity contribution in [1.82, 2.24) is 4.90 Å². The van der Waals surface area contributed by atoms with Crippen LogP contribution in [0.2, 0.25) is 0 Å². The summed E-state index contributed by atoms with van der Waals surface area (Å²) in [5.74, 6) is 0.330. The molecule has 1 aliphatic heterocycles. The summed E-state index contributed by atoms with van der Waals surface area (Å²) in [6.45, 7) is 5.23. The smallest absolute Gasteiger partial charge is 0.0900 e. The van der Waals surface area contributed by atoms with Gasteiger partial charge < -0.3 is 19.8 Å². The number of ether oxygens (including phenoxy) is 1. The van der Waals surface area contributed by atoms with Crippen LogP contribution in [-0.4, -0.2) is 53.6 Å². The molecule has 0 radical (unpaired) electrons. The van der Waals surface area contributed by atoms with Gasteiger partial charge in [-0.05, 0) is 37.8 Å². The second-order valence-corrected chi connectivity index (χ2v) is 6.06. The third kappa shape index (κ3) is 5.75. The van der Waals surface area contributed by atoms with Crippen molar-refractivity contribution in [2.45, 2.75) is 38.6 Å². The van der Waals surface area contributed by atoms with E-state index in [0.29, 0.717) is 25.7 Å². The van der Waals surface area contributed by atoms with Gasteiger partial charge in [-0.2, -0.15) is 0 Å². The number of hydrogen-bond donors (Lipinski definition) is 2. The Morgan fingerprint density at radius 1 is 1.29 bits per heavy atom. The first-order valence-electron chi connectivity index (χ1n) is 7.85. The molecule has 1 fully saturated rings. The Hall–Kier alpha value is -0.940.